The molecule has 204 valence electrons. The Bertz CT molecular complexity index is 1320. The highest BCUT2D eigenvalue weighted by atomic mass is 16.4. The Hall–Kier alpha value is -3.60. The first-order valence-electron chi connectivity index (χ1n) is 14.9. The number of hydrogen-bond donors (Lipinski definition) is 1. The summed E-state index contributed by atoms with van der Waals surface area (Å²) in [5.74, 6) is -1.30. The number of carbonyl (C=O) groups excluding carboxylic acids is 1. The smallest absolute Gasteiger partial charge is 0.307 e. The predicted molar refractivity (Wildman–Crippen MR) is 158 cm³/mol. The van der Waals surface area contributed by atoms with Crippen LogP contribution in [0.15, 0.2) is 72.8 Å². The van der Waals surface area contributed by atoms with Gasteiger partial charge in [0.25, 0.3) is 0 Å². The van der Waals surface area contributed by atoms with Crippen molar-refractivity contribution in [2.45, 2.75) is 63.8 Å². The lowest BCUT2D eigenvalue weighted by molar-refractivity contribution is -0.142. The first kappa shape index (κ1) is 25.7. The Kier molecular flexibility index (Phi) is 7.94. The van der Waals surface area contributed by atoms with E-state index in [9.17, 15) is 16.1 Å². The van der Waals surface area contributed by atoms with E-state index in [4.69, 9.17) is 0 Å². The Labute approximate surface area is 233 Å². The van der Waals surface area contributed by atoms with Crippen LogP contribution < -0.4 is 9.80 Å². The molecule has 1 N–H and O–H groups in total. The Morgan fingerprint density at radius 2 is 1.49 bits per heavy atom. The van der Waals surface area contributed by atoms with Crippen LogP contribution in [0.1, 0.15) is 69.8 Å². The molecular formula is C34H40N2O3. The summed E-state index contributed by atoms with van der Waals surface area (Å²) in [5, 5.41) is 9.76. The number of anilines is 2. The summed E-state index contributed by atoms with van der Waals surface area (Å²) in [6.07, 6.45) is 7.34. The molecule has 3 aromatic rings. The first-order valence-corrected chi connectivity index (χ1v) is 14.3. The summed E-state index contributed by atoms with van der Waals surface area (Å²) in [7, 11) is 4.04. The van der Waals surface area contributed by atoms with E-state index in [0.717, 1.165) is 72.9 Å². The number of amides is 1. The molecule has 0 aromatic heterocycles. The number of nitrogens with zero attached hydrogens (tertiary/aromatic N) is 2. The van der Waals surface area contributed by atoms with E-state index in [-0.39, 0.29) is 17.7 Å². The monoisotopic (exact) mass is 525 g/mol. The van der Waals surface area contributed by atoms with E-state index < -0.39 is 18.4 Å². The number of benzene rings is 3. The fourth-order valence-corrected chi connectivity index (χ4v) is 6.23. The van der Waals surface area contributed by atoms with Gasteiger partial charge >= 0.3 is 5.97 Å². The third kappa shape index (κ3) is 6.19. The average Bonchev–Trinajstić information content (AvgIpc) is 3.49. The minimum atomic E-state index is -0.895. The highest BCUT2D eigenvalue weighted by Crippen LogP contribution is 2.41. The SMILES string of the molecule is [2H]C(c1ccc(-c2ccc(N(C)C)cc2)cc1)N(C(=O)C1CCCCC1)c1cccc(C2CCCC2C(=O)O)c1. The van der Waals surface area contributed by atoms with Gasteiger partial charge in [0.2, 0.25) is 5.91 Å². The fourth-order valence-electron chi connectivity index (χ4n) is 6.23. The van der Waals surface area contributed by atoms with Gasteiger partial charge in [0, 0.05) is 31.4 Å². The molecule has 1 amide bonds. The molecule has 5 heteroatoms. The Balaban J connectivity index is 1.45. The van der Waals surface area contributed by atoms with Crippen molar-refractivity contribution in [3.05, 3.63) is 83.9 Å². The van der Waals surface area contributed by atoms with Crippen molar-refractivity contribution in [1.29, 1.82) is 0 Å². The van der Waals surface area contributed by atoms with Crippen LogP contribution in [0.2, 0.25) is 0 Å². The lowest BCUT2D eigenvalue weighted by atomic mass is 9.87. The van der Waals surface area contributed by atoms with Crippen molar-refractivity contribution in [1.82, 2.24) is 0 Å². The van der Waals surface area contributed by atoms with Crippen LogP contribution in [-0.4, -0.2) is 31.1 Å². The molecule has 0 aliphatic heterocycles. The second kappa shape index (κ2) is 12.1. The maximum absolute atomic E-state index is 14.0. The Morgan fingerprint density at radius 1 is 0.821 bits per heavy atom. The number of carboxylic acids is 1. The number of aliphatic carboxylic acids is 1. The second-order valence-corrected chi connectivity index (χ2v) is 11.3. The molecule has 3 unspecified atom stereocenters. The normalized spacial score (nSPS) is 20.7. The fraction of sp³-hybridized carbons (Fsp3) is 0.412. The minimum Gasteiger partial charge on any atom is -0.481 e. The van der Waals surface area contributed by atoms with Crippen LogP contribution in [0.5, 0.6) is 0 Å². The molecule has 0 heterocycles. The molecule has 2 aliphatic rings. The van der Waals surface area contributed by atoms with Crippen molar-refractivity contribution in [2.24, 2.45) is 11.8 Å². The van der Waals surface area contributed by atoms with Crippen LogP contribution in [-0.2, 0) is 16.1 Å². The minimum absolute atomic E-state index is 0.00130. The lowest BCUT2D eigenvalue weighted by Crippen LogP contribution is -2.36. The molecular weight excluding hydrogens is 484 g/mol. The molecule has 2 aliphatic carbocycles. The highest BCUT2D eigenvalue weighted by molar-refractivity contribution is 5.95. The van der Waals surface area contributed by atoms with Crippen LogP contribution >= 0.6 is 0 Å². The topological polar surface area (TPSA) is 60.9 Å². The zero-order valence-corrected chi connectivity index (χ0v) is 23.1. The molecule has 0 bridgehead atoms. The van der Waals surface area contributed by atoms with Gasteiger partial charge in [-0.05, 0) is 78.1 Å². The van der Waals surface area contributed by atoms with E-state index in [1.165, 1.54) is 0 Å². The van der Waals surface area contributed by atoms with Crippen molar-refractivity contribution in [3.63, 3.8) is 0 Å². The quantitative estimate of drug-likeness (QED) is 0.331. The summed E-state index contributed by atoms with van der Waals surface area (Å²) in [5.41, 5.74) is 5.70. The van der Waals surface area contributed by atoms with Gasteiger partial charge < -0.3 is 14.9 Å². The first-order chi connectivity index (χ1) is 19.3. The number of carboxylic acid groups (broad SMARTS) is 1. The van der Waals surface area contributed by atoms with Crippen LogP contribution in [0.4, 0.5) is 11.4 Å². The number of hydrogen-bond acceptors (Lipinski definition) is 3. The van der Waals surface area contributed by atoms with Gasteiger partial charge in [0.05, 0.1) is 13.8 Å². The van der Waals surface area contributed by atoms with E-state index >= 15 is 0 Å². The van der Waals surface area contributed by atoms with Crippen molar-refractivity contribution < 1.29 is 16.1 Å². The molecule has 5 nitrogen and oxygen atoms in total. The second-order valence-electron chi connectivity index (χ2n) is 11.3. The molecule has 39 heavy (non-hydrogen) atoms. The van der Waals surface area contributed by atoms with Crippen LogP contribution in [0.25, 0.3) is 11.1 Å². The third-order valence-corrected chi connectivity index (χ3v) is 8.51. The maximum Gasteiger partial charge on any atom is 0.307 e. The van der Waals surface area contributed by atoms with E-state index in [1.807, 2.05) is 62.6 Å². The summed E-state index contributed by atoms with van der Waals surface area (Å²) >= 11 is 0. The van der Waals surface area contributed by atoms with Crippen molar-refractivity contribution in [3.8, 4) is 11.1 Å². The molecule has 3 aromatic carbocycles. The van der Waals surface area contributed by atoms with E-state index in [2.05, 4.69) is 29.2 Å². The standard InChI is InChI=1S/C34H40N2O3/c1-35(2)29-20-18-26(19-21-29)25-16-14-24(15-17-25)23-36(33(37)27-8-4-3-5-9-27)30-11-6-10-28(22-30)31-12-7-13-32(31)34(38)39/h6,10-11,14-22,27,31-32H,3-5,7-9,12-13,23H2,1-2H3,(H,38,39)/i23D. The van der Waals surface area contributed by atoms with Crippen molar-refractivity contribution in [2.75, 3.05) is 23.9 Å². The highest BCUT2D eigenvalue weighted by Gasteiger charge is 2.34. The molecule has 5 rings (SSSR count). The van der Waals surface area contributed by atoms with E-state index in [1.54, 1.807) is 4.90 Å². The molecule has 3 atom stereocenters. The van der Waals surface area contributed by atoms with Crippen LogP contribution in [0, 0.1) is 11.8 Å². The maximum atomic E-state index is 14.0. The summed E-state index contributed by atoms with van der Waals surface area (Å²) < 4.78 is 9.30. The van der Waals surface area contributed by atoms with Gasteiger partial charge in [-0.15, -0.1) is 0 Å². The van der Waals surface area contributed by atoms with Gasteiger partial charge in [-0.25, -0.2) is 0 Å². The lowest BCUT2D eigenvalue weighted by Gasteiger charge is -2.30. The largest absolute Gasteiger partial charge is 0.481 e. The summed E-state index contributed by atoms with van der Waals surface area (Å²) in [6, 6.07) is 24.1. The molecule has 0 spiro atoms. The number of carbonyl (C=O) groups is 2. The van der Waals surface area contributed by atoms with Gasteiger partial charge in [-0.1, -0.05) is 74.2 Å². The zero-order chi connectivity index (χ0) is 28.2. The molecule has 0 saturated heterocycles. The van der Waals surface area contributed by atoms with Gasteiger partial charge in [0.1, 0.15) is 0 Å². The number of rotatable bonds is 8. The van der Waals surface area contributed by atoms with Gasteiger partial charge in [-0.2, -0.15) is 0 Å². The molecule has 2 fully saturated rings. The molecule has 2 saturated carbocycles. The predicted octanol–water partition coefficient (Wildman–Crippen LogP) is 7.50. The van der Waals surface area contributed by atoms with Gasteiger partial charge in [-0.3, -0.25) is 9.59 Å². The Morgan fingerprint density at radius 3 is 2.13 bits per heavy atom. The van der Waals surface area contributed by atoms with E-state index in [0.29, 0.717) is 12.1 Å². The third-order valence-electron chi connectivity index (χ3n) is 8.51. The van der Waals surface area contributed by atoms with Crippen LogP contribution in [0.3, 0.4) is 0 Å². The zero-order valence-electron chi connectivity index (χ0n) is 24.1. The average molecular weight is 526 g/mol. The molecule has 0 radical (unpaired) electrons. The van der Waals surface area contributed by atoms with Crippen molar-refractivity contribution >= 4 is 23.3 Å². The summed E-state index contributed by atoms with van der Waals surface area (Å²) in [4.78, 5) is 29.6. The van der Waals surface area contributed by atoms with Gasteiger partial charge in [0.15, 0.2) is 0 Å². The summed E-state index contributed by atoms with van der Waals surface area (Å²) in [6.45, 7) is -0.895.